The maximum Gasteiger partial charge on any atom is 0.139 e. The van der Waals surface area contributed by atoms with Crippen molar-refractivity contribution in [2.45, 2.75) is 194 Å². The van der Waals surface area contributed by atoms with Crippen LogP contribution in [-0.2, 0) is 0 Å². The van der Waals surface area contributed by atoms with E-state index in [1.54, 1.807) is 0 Å². The van der Waals surface area contributed by atoms with Crippen LogP contribution >= 0.6 is 0 Å². The van der Waals surface area contributed by atoms with Gasteiger partial charge in [0.25, 0.3) is 0 Å². The van der Waals surface area contributed by atoms with Crippen LogP contribution < -0.4 is 0 Å². The minimum atomic E-state index is 1.02. The Kier molecular flexibility index (Phi) is 12.3. The van der Waals surface area contributed by atoms with Crippen molar-refractivity contribution in [1.29, 1.82) is 0 Å². The molecule has 0 aliphatic heterocycles. The Labute approximate surface area is 439 Å². The van der Waals surface area contributed by atoms with Gasteiger partial charge >= 0.3 is 0 Å². The van der Waals surface area contributed by atoms with Gasteiger partial charge in [0.2, 0.25) is 0 Å². The third-order valence-corrected chi connectivity index (χ3v) is 21.1. The van der Waals surface area contributed by atoms with Gasteiger partial charge in [-0.15, -0.1) is 0 Å². The molecule has 0 radical (unpaired) electrons. The molecule has 0 aliphatic carbocycles. The molecule has 0 saturated carbocycles. The van der Waals surface area contributed by atoms with Gasteiger partial charge in [0.1, 0.15) is 11.2 Å². The highest BCUT2D eigenvalue weighted by atomic mass is 16.3. The normalized spacial score (nSPS) is 12.1. The van der Waals surface area contributed by atoms with E-state index in [9.17, 15) is 0 Å². The summed E-state index contributed by atoms with van der Waals surface area (Å²) < 4.78 is 7.27. The zero-order valence-electron chi connectivity index (χ0n) is 50.4. The minimum absolute atomic E-state index is 1.02. The monoisotopic (exact) mass is 965 g/mol. The standard InChI is InChI=1S/C72H84O/c1-29-30(2)41(13)57(42(14)31(29)3)58-51(23)53(25)59(54(26)52(58)24)60-43(15)32(4)33(5)44(16)61(60)68-62-45(17)34(6)36(8)47(19)64(62)69(65-48(20)37(9)35(7)46(18)63(65)68)66-49(21)40(12)56(28)72-70(66)67-50(22)38(10)39(11)55(27)71(67)73-72/h1-28H3. The van der Waals surface area contributed by atoms with E-state index < -0.39 is 0 Å². The van der Waals surface area contributed by atoms with Gasteiger partial charge in [-0.25, -0.2) is 0 Å². The van der Waals surface area contributed by atoms with Crippen LogP contribution in [0.1, 0.15) is 156 Å². The molecule has 73 heavy (non-hydrogen) atoms. The first-order valence-corrected chi connectivity index (χ1v) is 27.2. The number of rotatable bonds is 4. The number of hydrogen-bond acceptors (Lipinski definition) is 1. The third kappa shape index (κ3) is 6.64. The van der Waals surface area contributed by atoms with E-state index >= 15 is 0 Å². The highest BCUT2D eigenvalue weighted by molar-refractivity contribution is 6.30. The lowest BCUT2D eigenvalue weighted by atomic mass is 9.71. The Hall–Kier alpha value is -5.92. The van der Waals surface area contributed by atoms with Gasteiger partial charge in [-0.05, 0) is 416 Å². The van der Waals surface area contributed by atoms with Crippen LogP contribution in [0.5, 0.6) is 0 Å². The fraction of sp³-hybridized carbons (Fsp3) is 0.389. The number of benzene rings is 8. The van der Waals surface area contributed by atoms with Crippen LogP contribution in [0.3, 0.4) is 0 Å². The highest BCUT2D eigenvalue weighted by Gasteiger charge is 2.34. The summed E-state index contributed by atoms with van der Waals surface area (Å²) in [6.07, 6.45) is 0. The van der Waals surface area contributed by atoms with E-state index in [1.807, 2.05) is 0 Å². The van der Waals surface area contributed by atoms with Gasteiger partial charge in [-0.3, -0.25) is 0 Å². The average molecular weight is 965 g/mol. The fourth-order valence-electron chi connectivity index (χ4n) is 14.1. The first-order chi connectivity index (χ1) is 34.0. The molecule has 1 nitrogen and oxygen atoms in total. The lowest BCUT2D eigenvalue weighted by Crippen LogP contribution is -2.09. The zero-order chi connectivity index (χ0) is 54.1. The van der Waals surface area contributed by atoms with Crippen LogP contribution in [0.25, 0.3) is 88.0 Å². The van der Waals surface area contributed by atoms with E-state index in [0.29, 0.717) is 0 Å². The topological polar surface area (TPSA) is 13.1 Å². The van der Waals surface area contributed by atoms with Gasteiger partial charge in [-0.1, -0.05) is 0 Å². The lowest BCUT2D eigenvalue weighted by Gasteiger charge is -2.32. The molecule has 378 valence electrons. The predicted molar refractivity (Wildman–Crippen MR) is 323 cm³/mol. The summed E-state index contributed by atoms with van der Waals surface area (Å²) in [7, 11) is 0. The van der Waals surface area contributed by atoms with Gasteiger partial charge in [-0.2, -0.15) is 0 Å². The maximum absolute atomic E-state index is 7.27. The predicted octanol–water partition coefficient (Wildman–Crippen LogP) is 21.2. The van der Waals surface area contributed by atoms with Crippen molar-refractivity contribution in [3.05, 3.63) is 156 Å². The Bertz CT molecular complexity index is 3910. The van der Waals surface area contributed by atoms with Gasteiger partial charge in [0.05, 0.1) is 0 Å². The molecule has 0 atom stereocenters. The van der Waals surface area contributed by atoms with Crippen molar-refractivity contribution >= 4 is 43.5 Å². The Balaban J connectivity index is 1.62. The molecule has 0 fully saturated rings. The van der Waals surface area contributed by atoms with E-state index in [2.05, 4.69) is 194 Å². The molecule has 0 amide bonds. The molecular weight excluding hydrogens is 881 g/mol. The lowest BCUT2D eigenvalue weighted by molar-refractivity contribution is 0.661. The number of hydrogen-bond donors (Lipinski definition) is 0. The zero-order valence-corrected chi connectivity index (χ0v) is 50.4. The second kappa shape index (κ2) is 17.3. The second-order valence-corrected chi connectivity index (χ2v) is 23.5. The molecule has 0 spiro atoms. The molecule has 0 bridgehead atoms. The van der Waals surface area contributed by atoms with E-state index in [-0.39, 0.29) is 0 Å². The van der Waals surface area contributed by atoms with E-state index in [4.69, 9.17) is 4.42 Å². The first kappa shape index (κ1) is 52.0. The van der Waals surface area contributed by atoms with Crippen molar-refractivity contribution in [1.82, 2.24) is 0 Å². The summed E-state index contributed by atoms with van der Waals surface area (Å²) in [4.78, 5) is 0. The molecule has 1 aromatic heterocycles. The highest BCUT2D eigenvalue weighted by Crippen LogP contribution is 2.58. The summed E-state index contributed by atoms with van der Waals surface area (Å²) in [5.41, 5.74) is 51.2. The van der Waals surface area contributed by atoms with E-state index in [0.717, 1.165) is 11.2 Å². The van der Waals surface area contributed by atoms with Gasteiger partial charge in [0, 0.05) is 10.8 Å². The van der Waals surface area contributed by atoms with Crippen molar-refractivity contribution in [3.63, 3.8) is 0 Å². The number of fused-ring (bicyclic) bond motifs is 5. The molecule has 0 unspecified atom stereocenters. The molecule has 0 aliphatic rings. The molecule has 9 aromatic rings. The summed E-state index contributed by atoms with van der Waals surface area (Å²) in [6.45, 7) is 66.3. The van der Waals surface area contributed by atoms with Crippen molar-refractivity contribution in [2.75, 3.05) is 0 Å². The molecule has 0 saturated heterocycles. The van der Waals surface area contributed by atoms with Crippen LogP contribution in [-0.4, -0.2) is 0 Å². The van der Waals surface area contributed by atoms with Crippen LogP contribution in [0.4, 0.5) is 0 Å². The quantitative estimate of drug-likeness (QED) is 0.160. The molecule has 8 aromatic carbocycles. The fourth-order valence-corrected chi connectivity index (χ4v) is 14.1. The summed E-state index contributed by atoms with van der Waals surface area (Å²) in [5, 5.41) is 8.06. The molecule has 9 rings (SSSR count). The molecule has 1 heteroatoms. The average Bonchev–Trinajstić information content (AvgIpc) is 3.76. The van der Waals surface area contributed by atoms with Crippen molar-refractivity contribution in [2.24, 2.45) is 0 Å². The second-order valence-electron chi connectivity index (χ2n) is 23.5. The number of furan rings is 1. The Morgan fingerprint density at radius 1 is 0.123 bits per heavy atom. The number of aryl methyl sites for hydroxylation is 7. The largest absolute Gasteiger partial charge is 0.455 e. The van der Waals surface area contributed by atoms with Gasteiger partial charge in [0.15, 0.2) is 0 Å². The molecular formula is C72H84O. The molecule has 1 heterocycles. The van der Waals surface area contributed by atoms with Crippen LogP contribution in [0.15, 0.2) is 4.42 Å². The Morgan fingerprint density at radius 2 is 0.301 bits per heavy atom. The summed E-state index contributed by atoms with van der Waals surface area (Å²) in [6, 6.07) is 0. The Morgan fingerprint density at radius 3 is 0.644 bits per heavy atom. The SMILES string of the molecule is Cc1c(C)c(C)c(-c2c(C)c(C)c(-c3c(C)c(C)c(C)c(C)c3-c3c4c(C)c(C)c(C)c(C)c4c(-c4c(C)c(C)c(C)c5oc6c(C)c(C)c(C)c(C)c6c45)c4c(C)c(C)c(C)c(C)c34)c(C)c2C)c(C)c1C. The van der Waals surface area contributed by atoms with Crippen molar-refractivity contribution < 1.29 is 4.42 Å². The first-order valence-electron chi connectivity index (χ1n) is 27.2. The van der Waals surface area contributed by atoms with Crippen LogP contribution in [0.2, 0.25) is 0 Å². The smallest absolute Gasteiger partial charge is 0.139 e. The molecule has 0 N–H and O–H groups in total. The maximum atomic E-state index is 7.27. The summed E-state index contributed by atoms with van der Waals surface area (Å²) >= 11 is 0. The van der Waals surface area contributed by atoms with Gasteiger partial charge < -0.3 is 4.42 Å². The van der Waals surface area contributed by atoms with Crippen molar-refractivity contribution in [3.8, 4) is 44.5 Å². The van der Waals surface area contributed by atoms with E-state index in [1.165, 1.54) is 233 Å². The minimum Gasteiger partial charge on any atom is -0.455 e. The third-order valence-electron chi connectivity index (χ3n) is 21.1. The van der Waals surface area contributed by atoms with Crippen LogP contribution in [0, 0.1) is 194 Å². The summed E-state index contributed by atoms with van der Waals surface area (Å²) in [5.74, 6) is 0.